The molecule has 4 nitrogen and oxygen atoms in total. The van der Waals surface area contributed by atoms with Crippen molar-refractivity contribution in [2.75, 3.05) is 0 Å². The highest BCUT2D eigenvalue weighted by Crippen LogP contribution is 2.18. The summed E-state index contributed by atoms with van der Waals surface area (Å²) in [5, 5.41) is 11.7. The van der Waals surface area contributed by atoms with Gasteiger partial charge in [-0.3, -0.25) is 4.79 Å². The Morgan fingerprint density at radius 3 is 2.64 bits per heavy atom. The molecule has 0 saturated heterocycles. The van der Waals surface area contributed by atoms with Crippen molar-refractivity contribution in [1.29, 1.82) is 5.26 Å². The number of amides is 1. The van der Waals surface area contributed by atoms with Crippen molar-refractivity contribution in [3.05, 3.63) is 65.5 Å². The van der Waals surface area contributed by atoms with Crippen LogP contribution in [0.15, 0.2) is 48.5 Å². The van der Waals surface area contributed by atoms with Crippen LogP contribution in [0.3, 0.4) is 0 Å². The molecule has 0 heterocycles. The van der Waals surface area contributed by atoms with Gasteiger partial charge in [-0.25, -0.2) is 4.39 Å². The average molecular weight is 298 g/mol. The maximum absolute atomic E-state index is 12.8. The third-order valence-electron chi connectivity index (χ3n) is 3.06. The van der Waals surface area contributed by atoms with Crippen LogP contribution < -0.4 is 10.1 Å². The first kappa shape index (κ1) is 15.5. The first-order chi connectivity index (χ1) is 10.6. The topological polar surface area (TPSA) is 62.1 Å². The van der Waals surface area contributed by atoms with Crippen molar-refractivity contribution in [2.24, 2.45) is 0 Å². The summed E-state index contributed by atoms with van der Waals surface area (Å²) in [4.78, 5) is 12.0. The number of para-hydroxylation sites is 1. The number of ether oxygens (including phenoxy) is 1. The molecule has 0 fully saturated rings. The number of carbonyl (C=O) groups excluding carboxylic acids is 1. The van der Waals surface area contributed by atoms with E-state index in [0.29, 0.717) is 11.3 Å². The standard InChI is InChI=1S/C17H15FN2O2/c1-12(22-16-5-3-2-4-14(16)10-19)17(21)20-11-13-6-8-15(18)9-7-13/h2-9,12H,11H2,1H3,(H,20,21). The van der Waals surface area contributed by atoms with Crippen LogP contribution in [0.1, 0.15) is 18.1 Å². The van der Waals surface area contributed by atoms with Crippen molar-refractivity contribution in [1.82, 2.24) is 5.32 Å². The summed E-state index contributed by atoms with van der Waals surface area (Å²) in [5.41, 5.74) is 1.17. The van der Waals surface area contributed by atoms with Crippen LogP contribution in [0.25, 0.3) is 0 Å². The van der Waals surface area contributed by atoms with Crippen molar-refractivity contribution < 1.29 is 13.9 Å². The minimum Gasteiger partial charge on any atom is -0.480 e. The van der Waals surface area contributed by atoms with E-state index in [2.05, 4.69) is 5.32 Å². The number of nitrogens with zero attached hydrogens (tertiary/aromatic N) is 1. The smallest absolute Gasteiger partial charge is 0.261 e. The van der Waals surface area contributed by atoms with E-state index in [9.17, 15) is 9.18 Å². The molecular formula is C17H15FN2O2. The van der Waals surface area contributed by atoms with Crippen molar-refractivity contribution in [2.45, 2.75) is 19.6 Å². The van der Waals surface area contributed by atoms with E-state index in [-0.39, 0.29) is 18.3 Å². The molecule has 1 N–H and O–H groups in total. The highest BCUT2D eigenvalue weighted by atomic mass is 19.1. The molecule has 0 saturated carbocycles. The lowest BCUT2D eigenvalue weighted by Crippen LogP contribution is -2.36. The molecule has 0 radical (unpaired) electrons. The largest absolute Gasteiger partial charge is 0.480 e. The van der Waals surface area contributed by atoms with Crippen LogP contribution in [0, 0.1) is 17.1 Å². The van der Waals surface area contributed by atoms with E-state index in [1.165, 1.54) is 12.1 Å². The molecule has 5 heteroatoms. The molecule has 0 aliphatic heterocycles. The van der Waals surface area contributed by atoms with Gasteiger partial charge in [0.1, 0.15) is 17.6 Å². The SMILES string of the molecule is CC(Oc1ccccc1C#N)C(=O)NCc1ccc(F)cc1. The van der Waals surface area contributed by atoms with Gasteiger partial charge in [0.2, 0.25) is 0 Å². The Bertz CT molecular complexity index is 693. The molecule has 112 valence electrons. The lowest BCUT2D eigenvalue weighted by atomic mass is 10.2. The second-order valence-corrected chi connectivity index (χ2v) is 4.71. The molecule has 1 atom stereocenters. The van der Waals surface area contributed by atoms with Gasteiger partial charge in [0.25, 0.3) is 5.91 Å². The fourth-order valence-electron chi connectivity index (χ4n) is 1.84. The molecule has 0 aromatic heterocycles. The van der Waals surface area contributed by atoms with Crippen LogP contribution in [-0.4, -0.2) is 12.0 Å². The zero-order valence-electron chi connectivity index (χ0n) is 12.0. The molecule has 22 heavy (non-hydrogen) atoms. The lowest BCUT2D eigenvalue weighted by molar-refractivity contribution is -0.127. The summed E-state index contributed by atoms with van der Waals surface area (Å²) >= 11 is 0. The van der Waals surface area contributed by atoms with Gasteiger partial charge < -0.3 is 10.1 Å². The lowest BCUT2D eigenvalue weighted by Gasteiger charge is -2.15. The molecule has 0 aliphatic rings. The second-order valence-electron chi connectivity index (χ2n) is 4.71. The maximum Gasteiger partial charge on any atom is 0.261 e. The zero-order chi connectivity index (χ0) is 15.9. The number of benzene rings is 2. The summed E-state index contributed by atoms with van der Waals surface area (Å²) in [6.45, 7) is 1.89. The second kappa shape index (κ2) is 7.23. The van der Waals surface area contributed by atoms with Gasteiger partial charge >= 0.3 is 0 Å². The molecule has 0 spiro atoms. The Kier molecular flexibility index (Phi) is 5.10. The normalized spacial score (nSPS) is 11.3. The summed E-state index contributed by atoms with van der Waals surface area (Å²) in [6.07, 6.45) is -0.741. The Labute approximate surface area is 128 Å². The van der Waals surface area contributed by atoms with Crippen LogP contribution in [0.5, 0.6) is 5.75 Å². The van der Waals surface area contributed by atoms with Crippen LogP contribution in [0.2, 0.25) is 0 Å². The fourth-order valence-corrected chi connectivity index (χ4v) is 1.84. The van der Waals surface area contributed by atoms with Crippen molar-refractivity contribution >= 4 is 5.91 Å². The minimum atomic E-state index is -0.741. The molecular weight excluding hydrogens is 283 g/mol. The Morgan fingerprint density at radius 2 is 1.95 bits per heavy atom. The zero-order valence-corrected chi connectivity index (χ0v) is 12.0. The van der Waals surface area contributed by atoms with E-state index in [0.717, 1.165) is 5.56 Å². The molecule has 1 unspecified atom stereocenters. The summed E-state index contributed by atoms with van der Waals surface area (Å²) in [6, 6.07) is 14.6. The summed E-state index contributed by atoms with van der Waals surface area (Å²) in [5.74, 6) is -0.258. The van der Waals surface area contributed by atoms with E-state index in [1.54, 1.807) is 43.3 Å². The van der Waals surface area contributed by atoms with E-state index in [1.807, 2.05) is 6.07 Å². The van der Waals surface area contributed by atoms with Gasteiger partial charge in [0.15, 0.2) is 6.10 Å². The predicted molar refractivity (Wildman–Crippen MR) is 79.5 cm³/mol. The third-order valence-corrected chi connectivity index (χ3v) is 3.06. The molecule has 2 aromatic rings. The molecule has 0 aliphatic carbocycles. The first-order valence-corrected chi connectivity index (χ1v) is 6.78. The van der Waals surface area contributed by atoms with Crippen LogP contribution in [-0.2, 0) is 11.3 Å². The summed E-state index contributed by atoms with van der Waals surface area (Å²) < 4.78 is 18.3. The minimum absolute atomic E-state index is 0.284. The Balaban J connectivity index is 1.92. The quantitative estimate of drug-likeness (QED) is 0.923. The number of carbonyl (C=O) groups is 1. The number of rotatable bonds is 5. The number of halogens is 1. The number of nitrogens with one attached hydrogen (secondary N) is 1. The molecule has 1 amide bonds. The number of hydrogen-bond acceptors (Lipinski definition) is 3. The van der Waals surface area contributed by atoms with Gasteiger partial charge in [0, 0.05) is 6.54 Å². The third kappa shape index (κ3) is 4.06. The van der Waals surface area contributed by atoms with Crippen molar-refractivity contribution in [3.8, 4) is 11.8 Å². The molecule has 2 rings (SSSR count). The molecule has 2 aromatic carbocycles. The Hall–Kier alpha value is -2.87. The van der Waals surface area contributed by atoms with E-state index < -0.39 is 6.10 Å². The Morgan fingerprint density at radius 1 is 1.27 bits per heavy atom. The van der Waals surface area contributed by atoms with Gasteiger partial charge in [-0.2, -0.15) is 5.26 Å². The fraction of sp³-hybridized carbons (Fsp3) is 0.176. The average Bonchev–Trinajstić information content (AvgIpc) is 2.54. The number of hydrogen-bond donors (Lipinski definition) is 1. The van der Waals surface area contributed by atoms with Gasteiger partial charge in [0.05, 0.1) is 5.56 Å². The van der Waals surface area contributed by atoms with E-state index >= 15 is 0 Å². The first-order valence-electron chi connectivity index (χ1n) is 6.78. The van der Waals surface area contributed by atoms with Crippen molar-refractivity contribution in [3.63, 3.8) is 0 Å². The van der Waals surface area contributed by atoms with Gasteiger partial charge in [-0.15, -0.1) is 0 Å². The van der Waals surface area contributed by atoms with E-state index in [4.69, 9.17) is 10.00 Å². The summed E-state index contributed by atoms with van der Waals surface area (Å²) in [7, 11) is 0. The monoisotopic (exact) mass is 298 g/mol. The van der Waals surface area contributed by atoms with Crippen LogP contribution in [0.4, 0.5) is 4.39 Å². The number of nitriles is 1. The predicted octanol–water partition coefficient (Wildman–Crippen LogP) is 2.78. The van der Waals surface area contributed by atoms with Gasteiger partial charge in [-0.1, -0.05) is 24.3 Å². The highest BCUT2D eigenvalue weighted by Gasteiger charge is 2.15. The van der Waals surface area contributed by atoms with Crippen LogP contribution >= 0.6 is 0 Å². The van der Waals surface area contributed by atoms with Gasteiger partial charge in [-0.05, 0) is 36.8 Å². The molecule has 0 bridgehead atoms. The maximum atomic E-state index is 12.8. The highest BCUT2D eigenvalue weighted by molar-refractivity contribution is 5.80.